The number of carbonyl (C=O) groups excluding carboxylic acids is 2. The van der Waals surface area contributed by atoms with Gasteiger partial charge in [-0.25, -0.2) is 0 Å². The van der Waals surface area contributed by atoms with Crippen LogP contribution in [0.25, 0.3) is 0 Å². The van der Waals surface area contributed by atoms with Gasteiger partial charge in [-0.15, -0.1) is 0 Å². The maximum absolute atomic E-state index is 11.1. The Hall–Kier alpha value is -2.23. The van der Waals surface area contributed by atoms with Gasteiger partial charge in [0.15, 0.2) is 11.6 Å². The van der Waals surface area contributed by atoms with Crippen LogP contribution in [-0.2, 0) is 4.79 Å². The second-order valence-corrected chi connectivity index (χ2v) is 3.40. The molecule has 0 spiro atoms. The first-order chi connectivity index (χ1) is 8.02. The summed E-state index contributed by atoms with van der Waals surface area (Å²) in [6.07, 6.45) is 4.22. The average molecular weight is 231 g/mol. The number of rotatable bonds is 5. The van der Waals surface area contributed by atoms with Crippen LogP contribution in [0.2, 0.25) is 0 Å². The van der Waals surface area contributed by atoms with Gasteiger partial charge < -0.3 is 4.74 Å². The second kappa shape index (κ2) is 5.75. The van der Waals surface area contributed by atoms with Gasteiger partial charge in [0.1, 0.15) is 17.2 Å². The summed E-state index contributed by atoms with van der Waals surface area (Å²) in [5.41, 5.74) is 0.314. The van der Waals surface area contributed by atoms with Crippen LogP contribution in [0.4, 0.5) is 0 Å². The second-order valence-electron chi connectivity index (χ2n) is 3.40. The first kappa shape index (κ1) is 12.8. The Morgan fingerprint density at radius 2 is 2.12 bits per heavy atom. The highest BCUT2D eigenvalue weighted by atomic mass is 16.5. The van der Waals surface area contributed by atoms with Gasteiger partial charge in [-0.3, -0.25) is 14.6 Å². The molecule has 0 aliphatic heterocycles. The lowest BCUT2D eigenvalue weighted by Crippen LogP contribution is -1.99. The fourth-order valence-electron chi connectivity index (χ4n) is 1.13. The first-order valence-electron chi connectivity index (χ1n) is 5.02. The van der Waals surface area contributed by atoms with E-state index in [-0.39, 0.29) is 11.6 Å². The molecule has 0 atom stereocenters. The minimum absolute atomic E-state index is 0.138. The van der Waals surface area contributed by atoms with E-state index in [9.17, 15) is 9.59 Å². The number of ether oxygens (including phenoxy) is 1. The minimum atomic E-state index is -0.147. The maximum Gasteiger partial charge on any atom is 0.178 e. The van der Waals surface area contributed by atoms with E-state index in [0.29, 0.717) is 17.2 Å². The quantitative estimate of drug-likeness (QED) is 0.338. The van der Waals surface area contributed by atoms with E-state index in [1.54, 1.807) is 6.07 Å². The largest absolute Gasteiger partial charge is 0.457 e. The van der Waals surface area contributed by atoms with Gasteiger partial charge in [0.05, 0.1) is 0 Å². The highest BCUT2D eigenvalue weighted by Crippen LogP contribution is 2.15. The zero-order valence-corrected chi connectivity index (χ0v) is 9.77. The highest BCUT2D eigenvalue weighted by molar-refractivity contribution is 5.92. The fourth-order valence-corrected chi connectivity index (χ4v) is 1.13. The van der Waals surface area contributed by atoms with E-state index in [0.717, 1.165) is 0 Å². The van der Waals surface area contributed by atoms with Crippen LogP contribution in [0.3, 0.4) is 0 Å². The fraction of sp³-hybridized carbons (Fsp3) is 0.154. The molecule has 4 nitrogen and oxygen atoms in total. The van der Waals surface area contributed by atoms with E-state index in [2.05, 4.69) is 11.6 Å². The normalized spacial score (nSPS) is 10.8. The molecule has 1 aromatic rings. The van der Waals surface area contributed by atoms with Crippen LogP contribution < -0.4 is 4.74 Å². The molecule has 0 bridgehead atoms. The van der Waals surface area contributed by atoms with E-state index in [1.165, 1.54) is 38.3 Å². The Morgan fingerprint density at radius 3 is 2.65 bits per heavy atom. The van der Waals surface area contributed by atoms with E-state index >= 15 is 0 Å². The lowest BCUT2D eigenvalue weighted by molar-refractivity contribution is -0.112. The standard InChI is InChI=1S/C13H13NO3/c1-4-11(7-9(2)15)17-12-5-6-14-13(8-12)10(3)16/h4-8H,1H2,2-3H3/b11-7+. The molecule has 0 unspecified atom stereocenters. The SMILES string of the molecule is C=C/C(=C\C(C)=O)Oc1ccnc(C(C)=O)c1. The monoisotopic (exact) mass is 231 g/mol. The molecule has 17 heavy (non-hydrogen) atoms. The molecular formula is C13H13NO3. The summed E-state index contributed by atoms with van der Waals surface area (Å²) in [6.45, 7) is 6.38. The van der Waals surface area contributed by atoms with Crippen molar-refractivity contribution < 1.29 is 14.3 Å². The molecule has 1 rings (SSSR count). The molecule has 0 saturated heterocycles. The number of hydrogen-bond donors (Lipinski definition) is 0. The van der Waals surface area contributed by atoms with Crippen molar-refractivity contribution in [2.24, 2.45) is 0 Å². The Balaban J connectivity index is 2.94. The van der Waals surface area contributed by atoms with Crippen molar-refractivity contribution >= 4 is 11.6 Å². The number of pyridine rings is 1. The van der Waals surface area contributed by atoms with Crippen molar-refractivity contribution in [3.8, 4) is 5.75 Å². The number of Topliss-reactive ketones (excluding diaryl/α,β-unsaturated/α-hetero) is 1. The van der Waals surface area contributed by atoms with Crippen molar-refractivity contribution in [2.75, 3.05) is 0 Å². The van der Waals surface area contributed by atoms with Crippen LogP contribution in [0.15, 0.2) is 42.8 Å². The summed E-state index contributed by atoms with van der Waals surface area (Å²) >= 11 is 0. The predicted molar refractivity (Wildman–Crippen MR) is 63.8 cm³/mol. The van der Waals surface area contributed by atoms with E-state index in [1.807, 2.05) is 0 Å². The molecule has 0 radical (unpaired) electrons. The number of nitrogens with zero attached hydrogens (tertiary/aromatic N) is 1. The number of allylic oxidation sites excluding steroid dienone is 2. The third-order valence-corrected chi connectivity index (χ3v) is 1.87. The molecule has 0 N–H and O–H groups in total. The van der Waals surface area contributed by atoms with Crippen molar-refractivity contribution in [3.05, 3.63) is 48.5 Å². The molecule has 0 amide bonds. The maximum atomic E-state index is 11.1. The lowest BCUT2D eigenvalue weighted by atomic mass is 10.2. The van der Waals surface area contributed by atoms with Crippen LogP contribution >= 0.6 is 0 Å². The Labute approximate surface area is 99.6 Å². The first-order valence-corrected chi connectivity index (χ1v) is 5.02. The van der Waals surface area contributed by atoms with Crippen LogP contribution in [-0.4, -0.2) is 16.6 Å². The Bertz CT molecular complexity index is 489. The Kier molecular flexibility index (Phi) is 4.34. The molecule has 0 aliphatic carbocycles. The van der Waals surface area contributed by atoms with E-state index < -0.39 is 0 Å². The number of aromatic nitrogens is 1. The molecule has 0 aliphatic rings. The molecule has 4 heteroatoms. The molecule has 1 heterocycles. The third kappa shape index (κ3) is 4.03. The van der Waals surface area contributed by atoms with Crippen molar-refractivity contribution in [2.45, 2.75) is 13.8 Å². The predicted octanol–water partition coefficient (Wildman–Crippen LogP) is 2.32. The summed E-state index contributed by atoms with van der Waals surface area (Å²) in [5, 5.41) is 0. The van der Waals surface area contributed by atoms with Gasteiger partial charge in [-0.1, -0.05) is 6.58 Å². The van der Waals surface area contributed by atoms with Crippen LogP contribution in [0.5, 0.6) is 5.75 Å². The van der Waals surface area contributed by atoms with Gasteiger partial charge in [0.2, 0.25) is 0 Å². The molecule has 1 aromatic heterocycles. The number of ketones is 2. The number of hydrogen-bond acceptors (Lipinski definition) is 4. The van der Waals surface area contributed by atoms with Crippen LogP contribution in [0, 0.1) is 0 Å². The minimum Gasteiger partial charge on any atom is -0.457 e. The van der Waals surface area contributed by atoms with Gasteiger partial charge in [0, 0.05) is 25.3 Å². The van der Waals surface area contributed by atoms with Gasteiger partial charge >= 0.3 is 0 Å². The summed E-state index contributed by atoms with van der Waals surface area (Å²) in [7, 11) is 0. The zero-order chi connectivity index (χ0) is 12.8. The molecular weight excluding hydrogens is 218 g/mol. The molecule has 0 aromatic carbocycles. The van der Waals surface area contributed by atoms with Crippen molar-refractivity contribution in [3.63, 3.8) is 0 Å². The average Bonchev–Trinajstić information content (AvgIpc) is 2.28. The van der Waals surface area contributed by atoms with Gasteiger partial charge in [-0.05, 0) is 19.1 Å². The van der Waals surface area contributed by atoms with Gasteiger partial charge in [0.25, 0.3) is 0 Å². The van der Waals surface area contributed by atoms with Crippen molar-refractivity contribution in [1.29, 1.82) is 0 Å². The third-order valence-electron chi connectivity index (χ3n) is 1.87. The van der Waals surface area contributed by atoms with Crippen molar-refractivity contribution in [1.82, 2.24) is 4.98 Å². The smallest absolute Gasteiger partial charge is 0.178 e. The zero-order valence-electron chi connectivity index (χ0n) is 9.77. The van der Waals surface area contributed by atoms with Crippen LogP contribution in [0.1, 0.15) is 24.3 Å². The summed E-state index contributed by atoms with van der Waals surface area (Å²) < 4.78 is 5.40. The topological polar surface area (TPSA) is 56.3 Å². The molecule has 0 saturated carbocycles. The molecule has 0 fully saturated rings. The molecule has 88 valence electrons. The summed E-state index contributed by atoms with van der Waals surface area (Å²) in [6, 6.07) is 3.11. The summed E-state index contributed by atoms with van der Waals surface area (Å²) in [5.74, 6) is 0.489. The van der Waals surface area contributed by atoms with Gasteiger partial charge in [-0.2, -0.15) is 0 Å². The summed E-state index contributed by atoms with van der Waals surface area (Å²) in [4.78, 5) is 25.9. The highest BCUT2D eigenvalue weighted by Gasteiger charge is 2.04. The lowest BCUT2D eigenvalue weighted by Gasteiger charge is -2.06. The van der Waals surface area contributed by atoms with E-state index in [4.69, 9.17) is 4.74 Å². The number of carbonyl (C=O) groups is 2. The Morgan fingerprint density at radius 1 is 1.41 bits per heavy atom.